The summed E-state index contributed by atoms with van der Waals surface area (Å²) in [4.78, 5) is 13.4. The van der Waals surface area contributed by atoms with Gasteiger partial charge in [0, 0.05) is 19.0 Å². The van der Waals surface area contributed by atoms with Crippen molar-refractivity contribution < 1.29 is 9.90 Å². The second kappa shape index (κ2) is 7.25. The van der Waals surface area contributed by atoms with E-state index in [2.05, 4.69) is 4.90 Å². The first kappa shape index (κ1) is 14.8. The highest BCUT2D eigenvalue weighted by molar-refractivity contribution is 5.74. The molecule has 0 radical (unpaired) electrons. The van der Waals surface area contributed by atoms with Crippen LogP contribution in [-0.4, -0.2) is 41.1 Å². The molecule has 0 aromatic rings. The minimum atomic E-state index is -0.239. The quantitative estimate of drug-likeness (QED) is 0.770. The van der Waals surface area contributed by atoms with Crippen LogP contribution in [0.1, 0.15) is 57.8 Å². The minimum absolute atomic E-state index is 0.220. The van der Waals surface area contributed by atoms with Gasteiger partial charge in [-0.25, -0.2) is 0 Å². The van der Waals surface area contributed by atoms with Crippen LogP contribution < -0.4 is 5.73 Å². The number of aliphatic hydroxyl groups is 1. The van der Waals surface area contributed by atoms with Gasteiger partial charge in [0.25, 0.3) is 0 Å². The number of aliphatic hydroxyl groups excluding tert-OH is 1. The Morgan fingerprint density at radius 1 is 1.21 bits per heavy atom. The second-order valence-corrected chi connectivity index (χ2v) is 6.35. The lowest BCUT2D eigenvalue weighted by Gasteiger charge is -2.36. The first-order valence-electron chi connectivity index (χ1n) is 7.85. The van der Waals surface area contributed by atoms with Gasteiger partial charge in [0.15, 0.2) is 0 Å². The molecule has 2 aliphatic rings. The zero-order chi connectivity index (χ0) is 13.7. The standard InChI is InChI=1S/C15H28N2O2/c16-15(19)10-13-7-3-4-8-17(13)11-14(18)9-12-5-1-2-6-12/h12-14,18H,1-11H2,(H2,16,19)/t13-,14-/m1/s1. The van der Waals surface area contributed by atoms with Crippen LogP contribution in [0, 0.1) is 5.92 Å². The van der Waals surface area contributed by atoms with Crippen LogP contribution in [0.5, 0.6) is 0 Å². The first-order valence-corrected chi connectivity index (χ1v) is 7.85. The van der Waals surface area contributed by atoms with E-state index in [4.69, 9.17) is 5.73 Å². The van der Waals surface area contributed by atoms with Crippen molar-refractivity contribution in [3.8, 4) is 0 Å². The number of piperidine rings is 1. The molecular weight excluding hydrogens is 240 g/mol. The molecular formula is C15H28N2O2. The van der Waals surface area contributed by atoms with Crippen molar-refractivity contribution in [1.82, 2.24) is 4.90 Å². The molecule has 19 heavy (non-hydrogen) atoms. The van der Waals surface area contributed by atoms with Crippen molar-refractivity contribution in [3.63, 3.8) is 0 Å². The van der Waals surface area contributed by atoms with Gasteiger partial charge in [0.1, 0.15) is 0 Å². The van der Waals surface area contributed by atoms with E-state index in [0.29, 0.717) is 13.0 Å². The molecule has 1 aliphatic carbocycles. The number of carbonyl (C=O) groups is 1. The van der Waals surface area contributed by atoms with E-state index in [9.17, 15) is 9.90 Å². The molecule has 0 aromatic heterocycles. The van der Waals surface area contributed by atoms with Gasteiger partial charge in [0.2, 0.25) is 5.91 Å². The van der Waals surface area contributed by atoms with Crippen molar-refractivity contribution in [2.45, 2.75) is 69.9 Å². The maximum atomic E-state index is 11.1. The van der Waals surface area contributed by atoms with Crippen LogP contribution in [0.3, 0.4) is 0 Å². The zero-order valence-corrected chi connectivity index (χ0v) is 11.9. The fourth-order valence-electron chi connectivity index (χ4n) is 3.74. The number of rotatable bonds is 6. The number of β-amino-alcohol motifs (C(OH)–C–C–N with tert-alkyl or cyclic N) is 1. The summed E-state index contributed by atoms with van der Waals surface area (Å²) in [6, 6.07) is 0.254. The summed E-state index contributed by atoms with van der Waals surface area (Å²) in [6.45, 7) is 1.72. The van der Waals surface area contributed by atoms with Crippen LogP contribution in [0.15, 0.2) is 0 Å². The number of hydrogen-bond acceptors (Lipinski definition) is 3. The maximum absolute atomic E-state index is 11.1. The average Bonchev–Trinajstić information content (AvgIpc) is 2.83. The third-order valence-corrected chi connectivity index (χ3v) is 4.71. The van der Waals surface area contributed by atoms with Gasteiger partial charge in [-0.15, -0.1) is 0 Å². The molecule has 4 nitrogen and oxygen atoms in total. The lowest BCUT2D eigenvalue weighted by atomic mass is 9.96. The van der Waals surface area contributed by atoms with Gasteiger partial charge in [-0.05, 0) is 31.7 Å². The molecule has 2 atom stereocenters. The molecule has 1 aliphatic heterocycles. The number of hydrogen-bond donors (Lipinski definition) is 2. The van der Waals surface area contributed by atoms with E-state index >= 15 is 0 Å². The summed E-state index contributed by atoms with van der Waals surface area (Å²) in [5.74, 6) is 0.497. The van der Waals surface area contributed by atoms with E-state index < -0.39 is 0 Å². The Bertz CT molecular complexity index is 290. The highest BCUT2D eigenvalue weighted by Gasteiger charge is 2.27. The van der Waals surface area contributed by atoms with E-state index in [1.807, 2.05) is 0 Å². The van der Waals surface area contributed by atoms with Crippen LogP contribution in [0.2, 0.25) is 0 Å². The highest BCUT2D eigenvalue weighted by Crippen LogP contribution is 2.29. The lowest BCUT2D eigenvalue weighted by Crippen LogP contribution is -2.45. The molecule has 1 amide bonds. The third kappa shape index (κ3) is 4.77. The summed E-state index contributed by atoms with van der Waals surface area (Å²) >= 11 is 0. The number of carbonyl (C=O) groups excluding carboxylic acids is 1. The van der Waals surface area contributed by atoms with Crippen molar-refractivity contribution in [2.75, 3.05) is 13.1 Å². The number of likely N-dealkylation sites (tertiary alicyclic amines) is 1. The molecule has 0 aromatic carbocycles. The summed E-state index contributed by atoms with van der Waals surface area (Å²) in [6.07, 6.45) is 9.73. The van der Waals surface area contributed by atoms with Crippen molar-refractivity contribution in [3.05, 3.63) is 0 Å². The zero-order valence-electron chi connectivity index (χ0n) is 11.9. The SMILES string of the molecule is NC(=O)C[C@H]1CCCCN1C[C@H](O)CC1CCCC1. The number of primary amides is 1. The van der Waals surface area contributed by atoms with Crippen molar-refractivity contribution >= 4 is 5.91 Å². The van der Waals surface area contributed by atoms with Crippen LogP contribution in [0.4, 0.5) is 0 Å². The predicted octanol–water partition coefficient (Wildman–Crippen LogP) is 1.66. The summed E-state index contributed by atoms with van der Waals surface area (Å²) in [5, 5.41) is 10.3. The smallest absolute Gasteiger partial charge is 0.218 e. The second-order valence-electron chi connectivity index (χ2n) is 6.35. The molecule has 110 valence electrons. The molecule has 1 saturated carbocycles. The summed E-state index contributed by atoms with van der Waals surface area (Å²) in [5.41, 5.74) is 5.32. The molecule has 2 fully saturated rings. The Hall–Kier alpha value is -0.610. The Morgan fingerprint density at radius 2 is 1.89 bits per heavy atom. The normalized spacial score (nSPS) is 27.5. The van der Waals surface area contributed by atoms with Crippen molar-refractivity contribution in [1.29, 1.82) is 0 Å². The lowest BCUT2D eigenvalue weighted by molar-refractivity contribution is -0.119. The van der Waals surface area contributed by atoms with E-state index in [-0.39, 0.29) is 18.1 Å². The molecule has 1 saturated heterocycles. The molecule has 0 spiro atoms. The van der Waals surface area contributed by atoms with Crippen molar-refractivity contribution in [2.24, 2.45) is 11.7 Å². The van der Waals surface area contributed by atoms with Gasteiger partial charge in [-0.3, -0.25) is 9.69 Å². The highest BCUT2D eigenvalue weighted by atomic mass is 16.3. The molecule has 3 N–H and O–H groups in total. The topological polar surface area (TPSA) is 66.6 Å². The van der Waals surface area contributed by atoms with E-state index in [1.165, 1.54) is 38.5 Å². The Kier molecular flexibility index (Phi) is 5.64. The molecule has 1 heterocycles. The predicted molar refractivity (Wildman–Crippen MR) is 75.6 cm³/mol. The maximum Gasteiger partial charge on any atom is 0.218 e. The average molecular weight is 268 g/mol. The Balaban J connectivity index is 1.78. The number of amides is 1. The summed E-state index contributed by atoms with van der Waals surface area (Å²) < 4.78 is 0. The van der Waals surface area contributed by atoms with E-state index in [1.54, 1.807) is 0 Å². The minimum Gasteiger partial charge on any atom is -0.392 e. The fraction of sp³-hybridized carbons (Fsp3) is 0.933. The number of nitrogens with two attached hydrogens (primary N) is 1. The van der Waals surface area contributed by atoms with Gasteiger partial charge in [0.05, 0.1) is 6.10 Å². The van der Waals surface area contributed by atoms with Crippen LogP contribution in [-0.2, 0) is 4.79 Å². The van der Waals surface area contributed by atoms with E-state index in [0.717, 1.165) is 25.3 Å². The Labute approximate surface area is 116 Å². The third-order valence-electron chi connectivity index (χ3n) is 4.71. The first-order chi connectivity index (χ1) is 9.15. The molecule has 2 rings (SSSR count). The van der Waals surface area contributed by atoms with Gasteiger partial charge >= 0.3 is 0 Å². The monoisotopic (exact) mass is 268 g/mol. The van der Waals surface area contributed by atoms with Gasteiger partial charge < -0.3 is 10.8 Å². The molecule has 0 bridgehead atoms. The fourth-order valence-corrected chi connectivity index (χ4v) is 3.74. The molecule has 4 heteroatoms. The van der Waals surface area contributed by atoms with Crippen LogP contribution in [0.25, 0.3) is 0 Å². The largest absolute Gasteiger partial charge is 0.392 e. The summed E-state index contributed by atoms with van der Waals surface area (Å²) in [7, 11) is 0. The number of nitrogens with zero attached hydrogens (tertiary/aromatic N) is 1. The Morgan fingerprint density at radius 3 is 2.58 bits per heavy atom. The van der Waals surface area contributed by atoms with Gasteiger partial charge in [-0.2, -0.15) is 0 Å². The van der Waals surface area contributed by atoms with Gasteiger partial charge in [-0.1, -0.05) is 32.1 Å². The van der Waals surface area contributed by atoms with Crippen LogP contribution >= 0.6 is 0 Å². The molecule has 0 unspecified atom stereocenters.